The fraction of sp³-hybridized carbons (Fsp3) is 0.286. The summed E-state index contributed by atoms with van der Waals surface area (Å²) in [6.07, 6.45) is -1.40. The molecular weight excluding hydrogens is 486 g/mol. The molecule has 10 nitrogen and oxygen atoms in total. The van der Waals surface area contributed by atoms with E-state index in [-0.39, 0.29) is 26.2 Å². The third-order valence-corrected chi connectivity index (χ3v) is 7.04. The van der Waals surface area contributed by atoms with Gasteiger partial charge >= 0.3 is 12.0 Å². The lowest BCUT2D eigenvalue weighted by molar-refractivity contribution is -0.189. The molecule has 0 aromatic heterocycles. The molecule has 196 valence electrons. The zero-order chi connectivity index (χ0) is 26.8. The minimum Gasteiger partial charge on any atom is -0.481 e. The minimum atomic E-state index is -1.22. The molecule has 0 bridgehead atoms. The molecule has 0 saturated carbocycles. The average Bonchev–Trinajstić information content (AvgIpc) is 2.90. The van der Waals surface area contributed by atoms with Crippen LogP contribution in [0.1, 0.15) is 17.5 Å². The molecule has 0 unspecified atom stereocenters. The summed E-state index contributed by atoms with van der Waals surface area (Å²) >= 11 is 0. The van der Waals surface area contributed by atoms with Crippen LogP contribution >= 0.6 is 0 Å². The Hall–Kier alpha value is -4.44. The van der Waals surface area contributed by atoms with Gasteiger partial charge in [0.1, 0.15) is 12.2 Å². The van der Waals surface area contributed by atoms with Gasteiger partial charge in [0.25, 0.3) is 0 Å². The van der Waals surface area contributed by atoms with Gasteiger partial charge in [0.15, 0.2) is 0 Å². The number of carbonyl (C=O) groups is 4. The number of nitrogens with one attached hydrogen (secondary N) is 1. The number of carbonyl (C=O) groups excluding carboxylic acids is 3. The van der Waals surface area contributed by atoms with Gasteiger partial charge in [-0.1, -0.05) is 72.8 Å². The fourth-order valence-electron chi connectivity index (χ4n) is 5.30. The van der Waals surface area contributed by atoms with E-state index in [1.165, 1.54) is 14.9 Å². The van der Waals surface area contributed by atoms with Crippen molar-refractivity contribution in [3.05, 3.63) is 83.9 Å². The largest absolute Gasteiger partial charge is 0.481 e. The molecule has 2 saturated heterocycles. The zero-order valence-electron chi connectivity index (χ0n) is 21.0. The maximum Gasteiger partial charge on any atom is 0.334 e. The molecule has 2 N–H and O–H groups in total. The number of urea groups is 1. The van der Waals surface area contributed by atoms with Crippen molar-refractivity contribution in [1.29, 1.82) is 0 Å². The number of hydrogen-bond acceptors (Lipinski definition) is 5. The molecule has 38 heavy (non-hydrogen) atoms. The van der Waals surface area contributed by atoms with Crippen molar-refractivity contribution < 1.29 is 24.3 Å². The summed E-state index contributed by atoms with van der Waals surface area (Å²) in [5, 5.41) is 17.4. The topological polar surface area (TPSA) is 114 Å². The first-order valence-corrected chi connectivity index (χ1v) is 12.4. The minimum absolute atomic E-state index is 0.0486. The number of rotatable bonds is 6. The molecule has 5 rings (SSSR count). The molecule has 0 spiro atoms. The maximum atomic E-state index is 13.6. The Kier molecular flexibility index (Phi) is 6.97. The van der Waals surface area contributed by atoms with E-state index in [0.717, 1.165) is 21.9 Å². The van der Waals surface area contributed by atoms with Gasteiger partial charge in [-0.25, -0.2) is 14.8 Å². The highest BCUT2D eigenvalue weighted by Gasteiger charge is 2.51. The van der Waals surface area contributed by atoms with Crippen LogP contribution in [0.5, 0.6) is 0 Å². The highest BCUT2D eigenvalue weighted by Crippen LogP contribution is 2.29. The SMILES string of the molecule is CN1CC(=O)N2[C@@H](CC(=O)O)C(=O)N(Cc3cccc4ccccc34)C[C@@H]2N1C(=O)NCc1ccccc1. The second kappa shape index (κ2) is 10.5. The average molecular weight is 516 g/mol. The normalized spacial score (nSPS) is 20.0. The standard InChI is InChI=1S/C28H29N5O5/c1-30-18-25(34)32-23(14-26(35)36)27(37)31(16-21-12-7-11-20-10-5-6-13-22(20)21)17-24(32)33(30)28(38)29-15-19-8-3-2-4-9-19/h2-13,23-24H,14-18H2,1H3,(H,29,38)(H,35,36)/t23-,24-/m0/s1. The summed E-state index contributed by atoms with van der Waals surface area (Å²) in [6.45, 7) is 0.398. The van der Waals surface area contributed by atoms with E-state index < -0.39 is 42.4 Å². The van der Waals surface area contributed by atoms with Gasteiger partial charge in [0.2, 0.25) is 11.8 Å². The smallest absolute Gasteiger partial charge is 0.334 e. The molecule has 3 aromatic carbocycles. The van der Waals surface area contributed by atoms with Gasteiger partial charge in [-0.2, -0.15) is 0 Å². The molecule has 10 heteroatoms. The Morgan fingerprint density at radius 3 is 2.45 bits per heavy atom. The van der Waals surface area contributed by atoms with Crippen molar-refractivity contribution >= 4 is 34.6 Å². The van der Waals surface area contributed by atoms with E-state index in [4.69, 9.17) is 0 Å². The van der Waals surface area contributed by atoms with E-state index in [9.17, 15) is 24.3 Å². The van der Waals surface area contributed by atoms with Gasteiger partial charge in [-0.3, -0.25) is 14.4 Å². The fourth-order valence-corrected chi connectivity index (χ4v) is 5.30. The molecule has 2 aliphatic rings. The number of carboxylic acid groups (broad SMARTS) is 1. The van der Waals surface area contributed by atoms with Crippen LogP contribution in [0.15, 0.2) is 72.8 Å². The number of aliphatic carboxylic acids is 1. The molecule has 2 heterocycles. The molecule has 0 aliphatic carbocycles. The van der Waals surface area contributed by atoms with Gasteiger partial charge in [-0.15, -0.1) is 0 Å². The summed E-state index contributed by atoms with van der Waals surface area (Å²) in [5.41, 5.74) is 1.81. The molecule has 0 radical (unpaired) electrons. The van der Waals surface area contributed by atoms with Crippen LogP contribution in [0.25, 0.3) is 10.8 Å². The number of hydrogen-bond donors (Lipinski definition) is 2. The van der Waals surface area contributed by atoms with Crippen LogP contribution in [0, 0.1) is 0 Å². The van der Waals surface area contributed by atoms with E-state index in [2.05, 4.69) is 5.32 Å². The van der Waals surface area contributed by atoms with Crippen molar-refractivity contribution in [2.45, 2.75) is 31.7 Å². The number of benzene rings is 3. The third-order valence-electron chi connectivity index (χ3n) is 7.04. The van der Waals surface area contributed by atoms with Gasteiger partial charge in [0.05, 0.1) is 19.5 Å². The highest BCUT2D eigenvalue weighted by atomic mass is 16.4. The summed E-state index contributed by atoms with van der Waals surface area (Å²) in [5.74, 6) is -2.03. The summed E-state index contributed by atoms with van der Waals surface area (Å²) in [6, 6.07) is 21.4. The van der Waals surface area contributed by atoms with Crippen LogP contribution in [-0.2, 0) is 27.5 Å². The monoisotopic (exact) mass is 515 g/mol. The van der Waals surface area contributed by atoms with E-state index in [1.54, 1.807) is 11.9 Å². The molecule has 3 aromatic rings. The molecular formula is C28H29N5O5. The van der Waals surface area contributed by atoms with E-state index in [1.807, 2.05) is 72.8 Å². The summed E-state index contributed by atoms with van der Waals surface area (Å²) < 4.78 is 0. The number of piperazine rings is 1. The van der Waals surface area contributed by atoms with Crippen LogP contribution < -0.4 is 5.32 Å². The summed E-state index contributed by atoms with van der Waals surface area (Å²) in [7, 11) is 1.63. The molecule has 2 aliphatic heterocycles. The first-order chi connectivity index (χ1) is 18.3. The Morgan fingerprint density at radius 1 is 0.974 bits per heavy atom. The Labute approximate surface area is 220 Å². The van der Waals surface area contributed by atoms with Crippen molar-refractivity contribution in [3.63, 3.8) is 0 Å². The lowest BCUT2D eigenvalue weighted by atomic mass is 10.0. The quantitative estimate of drug-likeness (QED) is 0.521. The first-order valence-electron chi connectivity index (χ1n) is 12.4. The van der Waals surface area contributed by atoms with Crippen LogP contribution in [-0.4, -0.2) is 81.1 Å². The van der Waals surface area contributed by atoms with Crippen LogP contribution in [0.4, 0.5) is 4.79 Å². The summed E-state index contributed by atoms with van der Waals surface area (Å²) in [4.78, 5) is 54.7. The Morgan fingerprint density at radius 2 is 1.68 bits per heavy atom. The lowest BCUT2D eigenvalue weighted by Crippen LogP contribution is -2.76. The Bertz CT molecular complexity index is 1380. The number of fused-ring (bicyclic) bond motifs is 2. The number of nitrogens with zero attached hydrogens (tertiary/aromatic N) is 4. The second-order valence-corrected chi connectivity index (χ2v) is 9.56. The predicted molar refractivity (Wildman–Crippen MR) is 139 cm³/mol. The van der Waals surface area contributed by atoms with Crippen molar-refractivity contribution in [1.82, 2.24) is 25.1 Å². The zero-order valence-corrected chi connectivity index (χ0v) is 21.0. The van der Waals surface area contributed by atoms with Crippen molar-refractivity contribution in [2.24, 2.45) is 0 Å². The van der Waals surface area contributed by atoms with Gasteiger partial charge < -0.3 is 20.2 Å². The van der Waals surface area contributed by atoms with Crippen molar-refractivity contribution in [2.75, 3.05) is 20.1 Å². The number of carboxylic acids is 1. The molecule has 2 atom stereocenters. The second-order valence-electron chi connectivity index (χ2n) is 9.56. The molecule has 4 amide bonds. The number of likely N-dealkylation sites (N-methyl/N-ethyl adjacent to an activating group) is 1. The van der Waals surface area contributed by atoms with Gasteiger partial charge in [0, 0.05) is 20.1 Å². The van der Waals surface area contributed by atoms with Crippen LogP contribution in [0.3, 0.4) is 0 Å². The van der Waals surface area contributed by atoms with E-state index >= 15 is 0 Å². The highest BCUT2D eigenvalue weighted by molar-refractivity contribution is 5.94. The lowest BCUT2D eigenvalue weighted by Gasteiger charge is -2.54. The number of amides is 4. The van der Waals surface area contributed by atoms with Crippen molar-refractivity contribution in [3.8, 4) is 0 Å². The predicted octanol–water partition coefficient (Wildman–Crippen LogP) is 2.25. The maximum absolute atomic E-state index is 13.6. The van der Waals surface area contributed by atoms with Gasteiger partial charge in [-0.05, 0) is 21.9 Å². The number of hydrazine groups is 1. The molecule has 2 fully saturated rings. The first kappa shape index (κ1) is 25.2. The van der Waals surface area contributed by atoms with E-state index in [0.29, 0.717) is 0 Å². The Balaban J connectivity index is 1.46. The van der Waals surface area contributed by atoms with Crippen LogP contribution in [0.2, 0.25) is 0 Å². The third kappa shape index (κ3) is 4.90.